The van der Waals surface area contributed by atoms with Crippen molar-refractivity contribution in [1.82, 2.24) is 0 Å². The van der Waals surface area contributed by atoms with Gasteiger partial charge in [-0.3, -0.25) is 0 Å². The summed E-state index contributed by atoms with van der Waals surface area (Å²) in [6, 6.07) is 8.01. The van der Waals surface area contributed by atoms with Crippen LogP contribution in [0, 0.1) is 5.92 Å². The van der Waals surface area contributed by atoms with Crippen molar-refractivity contribution in [2.45, 2.75) is 32.0 Å². The van der Waals surface area contributed by atoms with E-state index in [-0.39, 0.29) is 6.10 Å². The highest BCUT2D eigenvalue weighted by Crippen LogP contribution is 2.29. The molecule has 1 aliphatic rings. The zero-order valence-corrected chi connectivity index (χ0v) is 10.5. The molecule has 2 rings (SSSR count). The summed E-state index contributed by atoms with van der Waals surface area (Å²) >= 11 is 0. The molecule has 0 saturated heterocycles. The van der Waals surface area contributed by atoms with Crippen molar-refractivity contribution >= 4 is 5.69 Å². The Labute approximate surface area is 103 Å². The highest BCUT2D eigenvalue weighted by molar-refractivity contribution is 5.47. The average molecular weight is 235 g/mol. The van der Waals surface area contributed by atoms with Crippen LogP contribution in [0.5, 0.6) is 0 Å². The minimum Gasteiger partial charge on any atom is -0.393 e. The Morgan fingerprint density at radius 3 is 2.35 bits per heavy atom. The third-order valence-electron chi connectivity index (χ3n) is 3.56. The van der Waals surface area contributed by atoms with E-state index in [9.17, 15) is 10.2 Å². The van der Waals surface area contributed by atoms with Gasteiger partial charge in [-0.15, -0.1) is 0 Å². The van der Waals surface area contributed by atoms with Gasteiger partial charge in [-0.25, -0.2) is 0 Å². The molecule has 3 nitrogen and oxygen atoms in total. The van der Waals surface area contributed by atoms with Gasteiger partial charge in [-0.2, -0.15) is 0 Å². The molecule has 0 radical (unpaired) electrons. The quantitative estimate of drug-likeness (QED) is 0.838. The standard InChI is InChI=1S/C14H21NO2/c1-10(16)12-3-5-13(6-4-12)15(2)9-11-7-14(17)8-11/h3-6,10-11,14,16-17H,7-9H2,1-2H3. The molecule has 1 aromatic carbocycles. The van der Waals surface area contributed by atoms with E-state index < -0.39 is 6.10 Å². The first-order valence-electron chi connectivity index (χ1n) is 6.23. The lowest BCUT2D eigenvalue weighted by Gasteiger charge is -2.35. The van der Waals surface area contributed by atoms with Crippen molar-refractivity contribution in [3.63, 3.8) is 0 Å². The SMILES string of the molecule is CC(O)c1ccc(N(C)CC2CC(O)C2)cc1. The summed E-state index contributed by atoms with van der Waals surface area (Å²) in [7, 11) is 2.07. The number of anilines is 1. The van der Waals surface area contributed by atoms with Crippen LogP contribution in [0.15, 0.2) is 24.3 Å². The minimum atomic E-state index is -0.406. The summed E-state index contributed by atoms with van der Waals surface area (Å²) in [5.74, 6) is 0.617. The van der Waals surface area contributed by atoms with Crippen LogP contribution < -0.4 is 4.90 Å². The van der Waals surface area contributed by atoms with Crippen LogP contribution in [-0.2, 0) is 0 Å². The van der Waals surface area contributed by atoms with Gasteiger partial charge < -0.3 is 15.1 Å². The topological polar surface area (TPSA) is 43.7 Å². The fourth-order valence-electron chi connectivity index (χ4n) is 2.35. The number of hydrogen-bond donors (Lipinski definition) is 2. The van der Waals surface area contributed by atoms with Gasteiger partial charge in [0.25, 0.3) is 0 Å². The van der Waals surface area contributed by atoms with Crippen molar-refractivity contribution in [1.29, 1.82) is 0 Å². The summed E-state index contributed by atoms with van der Waals surface area (Å²) in [5.41, 5.74) is 2.11. The number of benzene rings is 1. The molecule has 1 unspecified atom stereocenters. The Kier molecular flexibility index (Phi) is 3.69. The average Bonchev–Trinajstić information content (AvgIpc) is 2.27. The lowest BCUT2D eigenvalue weighted by atomic mass is 9.82. The van der Waals surface area contributed by atoms with Gasteiger partial charge in [0, 0.05) is 19.3 Å². The lowest BCUT2D eigenvalue weighted by Crippen LogP contribution is -2.37. The molecule has 94 valence electrons. The summed E-state index contributed by atoms with van der Waals surface area (Å²) in [5, 5.41) is 18.7. The van der Waals surface area contributed by atoms with Gasteiger partial charge in [-0.05, 0) is 43.4 Å². The van der Waals surface area contributed by atoms with E-state index in [1.807, 2.05) is 24.3 Å². The Morgan fingerprint density at radius 2 is 1.88 bits per heavy atom. The fraction of sp³-hybridized carbons (Fsp3) is 0.571. The first kappa shape index (κ1) is 12.4. The van der Waals surface area contributed by atoms with E-state index in [1.54, 1.807) is 6.92 Å². The zero-order chi connectivity index (χ0) is 12.4. The molecular formula is C14H21NO2. The molecule has 3 heteroatoms. The molecule has 0 spiro atoms. The molecular weight excluding hydrogens is 214 g/mol. The van der Waals surface area contributed by atoms with E-state index in [1.165, 1.54) is 0 Å². The Bertz CT molecular complexity index is 355. The number of aliphatic hydroxyl groups excluding tert-OH is 2. The smallest absolute Gasteiger partial charge is 0.0761 e. The van der Waals surface area contributed by atoms with Crippen molar-refractivity contribution in [2.24, 2.45) is 5.92 Å². The predicted octanol–water partition coefficient (Wildman–Crippen LogP) is 1.95. The zero-order valence-electron chi connectivity index (χ0n) is 10.5. The van der Waals surface area contributed by atoms with Crippen LogP contribution in [0.2, 0.25) is 0 Å². The number of hydrogen-bond acceptors (Lipinski definition) is 3. The second-order valence-electron chi connectivity index (χ2n) is 5.14. The second kappa shape index (κ2) is 5.07. The first-order chi connectivity index (χ1) is 8.06. The third kappa shape index (κ3) is 2.99. The molecule has 1 saturated carbocycles. The molecule has 0 bridgehead atoms. The van der Waals surface area contributed by atoms with Crippen molar-refractivity contribution in [2.75, 3.05) is 18.5 Å². The van der Waals surface area contributed by atoms with Crippen molar-refractivity contribution in [3.05, 3.63) is 29.8 Å². The fourth-order valence-corrected chi connectivity index (χ4v) is 2.35. The van der Waals surface area contributed by atoms with E-state index in [2.05, 4.69) is 11.9 Å². The summed E-state index contributed by atoms with van der Waals surface area (Å²) < 4.78 is 0. The molecule has 0 amide bonds. The van der Waals surface area contributed by atoms with Gasteiger partial charge >= 0.3 is 0 Å². The minimum absolute atomic E-state index is 0.0778. The van der Waals surface area contributed by atoms with E-state index >= 15 is 0 Å². The summed E-state index contributed by atoms with van der Waals surface area (Å²) in [4.78, 5) is 2.21. The monoisotopic (exact) mass is 235 g/mol. The lowest BCUT2D eigenvalue weighted by molar-refractivity contribution is 0.0465. The van der Waals surface area contributed by atoms with Gasteiger partial charge in [0.1, 0.15) is 0 Å². The molecule has 1 aromatic rings. The highest BCUT2D eigenvalue weighted by Gasteiger charge is 2.27. The molecule has 1 aliphatic carbocycles. The molecule has 17 heavy (non-hydrogen) atoms. The van der Waals surface area contributed by atoms with E-state index in [0.717, 1.165) is 30.6 Å². The van der Waals surface area contributed by atoms with Gasteiger partial charge in [-0.1, -0.05) is 12.1 Å². The molecule has 0 heterocycles. The second-order valence-corrected chi connectivity index (χ2v) is 5.14. The number of aliphatic hydroxyl groups is 2. The maximum atomic E-state index is 9.43. The number of rotatable bonds is 4. The van der Waals surface area contributed by atoms with Gasteiger partial charge in [0.05, 0.1) is 12.2 Å². The summed E-state index contributed by atoms with van der Waals surface area (Å²) in [6.45, 7) is 2.76. The van der Waals surface area contributed by atoms with Crippen molar-refractivity contribution in [3.8, 4) is 0 Å². The van der Waals surface area contributed by atoms with E-state index in [4.69, 9.17) is 0 Å². The molecule has 0 aromatic heterocycles. The van der Waals surface area contributed by atoms with Crippen LogP contribution in [0.4, 0.5) is 5.69 Å². The molecule has 0 aliphatic heterocycles. The normalized spacial score (nSPS) is 25.2. The molecule has 1 atom stereocenters. The highest BCUT2D eigenvalue weighted by atomic mass is 16.3. The third-order valence-corrected chi connectivity index (χ3v) is 3.56. The van der Waals surface area contributed by atoms with Gasteiger partial charge in [0.15, 0.2) is 0 Å². The molecule has 1 fully saturated rings. The van der Waals surface area contributed by atoms with Crippen LogP contribution >= 0.6 is 0 Å². The maximum absolute atomic E-state index is 9.43. The Hall–Kier alpha value is -1.06. The van der Waals surface area contributed by atoms with Crippen LogP contribution in [0.3, 0.4) is 0 Å². The molecule has 2 N–H and O–H groups in total. The Morgan fingerprint density at radius 1 is 1.29 bits per heavy atom. The van der Waals surface area contributed by atoms with Crippen LogP contribution in [0.1, 0.15) is 31.4 Å². The van der Waals surface area contributed by atoms with Crippen LogP contribution in [0.25, 0.3) is 0 Å². The summed E-state index contributed by atoms with van der Waals surface area (Å²) in [6.07, 6.45) is 1.37. The predicted molar refractivity (Wildman–Crippen MR) is 69.1 cm³/mol. The first-order valence-corrected chi connectivity index (χ1v) is 6.23. The largest absolute Gasteiger partial charge is 0.393 e. The van der Waals surface area contributed by atoms with Gasteiger partial charge in [0.2, 0.25) is 0 Å². The number of nitrogens with zero attached hydrogens (tertiary/aromatic N) is 1. The van der Waals surface area contributed by atoms with E-state index in [0.29, 0.717) is 5.92 Å². The maximum Gasteiger partial charge on any atom is 0.0761 e. The Balaban J connectivity index is 1.92. The van der Waals surface area contributed by atoms with Crippen molar-refractivity contribution < 1.29 is 10.2 Å². The van der Waals surface area contributed by atoms with Crippen LogP contribution in [-0.4, -0.2) is 29.9 Å².